The van der Waals surface area contributed by atoms with Crippen LogP contribution >= 0.6 is 0 Å². The van der Waals surface area contributed by atoms with Gasteiger partial charge in [0.05, 0.1) is 9.82 Å². The summed E-state index contributed by atoms with van der Waals surface area (Å²) in [6.45, 7) is 0.870. The van der Waals surface area contributed by atoms with Gasteiger partial charge in [0.1, 0.15) is 0 Å². The quantitative estimate of drug-likeness (QED) is 0.469. The summed E-state index contributed by atoms with van der Waals surface area (Å²) in [5, 5.41) is 14.5. The predicted molar refractivity (Wildman–Crippen MR) is 75.1 cm³/mol. The fourth-order valence-corrected chi connectivity index (χ4v) is 2.78. The second-order valence-corrected chi connectivity index (χ2v) is 6.04. The van der Waals surface area contributed by atoms with E-state index in [1.165, 1.54) is 12.1 Å². The average Bonchev–Trinajstić information content (AvgIpc) is 2.97. The van der Waals surface area contributed by atoms with Crippen LogP contribution in [0.1, 0.15) is 6.42 Å². The molecule has 1 aromatic heterocycles. The molecule has 0 amide bonds. The van der Waals surface area contributed by atoms with E-state index in [9.17, 15) is 18.5 Å². The maximum Gasteiger partial charge on any atom is 0.269 e. The van der Waals surface area contributed by atoms with Gasteiger partial charge in [0.25, 0.3) is 5.69 Å². The van der Waals surface area contributed by atoms with Gasteiger partial charge < -0.3 is 0 Å². The Labute approximate surface area is 121 Å². The van der Waals surface area contributed by atoms with E-state index >= 15 is 0 Å². The minimum Gasteiger partial charge on any atom is -0.273 e. The lowest BCUT2D eigenvalue weighted by molar-refractivity contribution is -0.384. The first-order valence-electron chi connectivity index (χ1n) is 6.20. The molecule has 0 aliphatic heterocycles. The Hall–Kier alpha value is -2.26. The van der Waals surface area contributed by atoms with Crippen LogP contribution in [-0.2, 0) is 16.6 Å². The topological polar surface area (TPSA) is 107 Å². The normalized spacial score (nSPS) is 11.4. The highest BCUT2D eigenvalue weighted by atomic mass is 32.2. The Bertz CT molecular complexity index is 695. The largest absolute Gasteiger partial charge is 0.273 e. The van der Waals surface area contributed by atoms with Crippen molar-refractivity contribution in [2.75, 3.05) is 6.54 Å². The van der Waals surface area contributed by atoms with Crippen LogP contribution in [0, 0.1) is 10.1 Å². The lowest BCUT2D eigenvalue weighted by Crippen LogP contribution is -2.25. The van der Waals surface area contributed by atoms with Gasteiger partial charge in [-0.25, -0.2) is 13.1 Å². The Morgan fingerprint density at radius 1 is 1.29 bits per heavy atom. The van der Waals surface area contributed by atoms with Crippen LogP contribution in [0.5, 0.6) is 0 Å². The van der Waals surface area contributed by atoms with Crippen molar-refractivity contribution < 1.29 is 13.3 Å². The summed E-state index contributed by atoms with van der Waals surface area (Å²) in [4.78, 5) is 9.95. The zero-order chi connectivity index (χ0) is 15.3. The first-order valence-corrected chi connectivity index (χ1v) is 7.69. The lowest BCUT2D eigenvalue weighted by Gasteiger charge is -2.06. The molecular formula is C12H14N4O4S. The first kappa shape index (κ1) is 15.1. The van der Waals surface area contributed by atoms with Gasteiger partial charge in [0, 0.05) is 37.6 Å². The number of nitrogens with one attached hydrogen (secondary N) is 1. The molecule has 0 bridgehead atoms. The fraction of sp³-hybridized carbons (Fsp3) is 0.250. The van der Waals surface area contributed by atoms with E-state index in [4.69, 9.17) is 0 Å². The summed E-state index contributed by atoms with van der Waals surface area (Å²) in [5.74, 6) is 0. The smallest absolute Gasteiger partial charge is 0.269 e. The monoisotopic (exact) mass is 310 g/mol. The summed E-state index contributed by atoms with van der Waals surface area (Å²) in [6.07, 6.45) is 4.04. The number of hydrogen-bond acceptors (Lipinski definition) is 5. The van der Waals surface area contributed by atoms with Crippen molar-refractivity contribution in [3.63, 3.8) is 0 Å². The van der Waals surface area contributed by atoms with Crippen molar-refractivity contribution in [1.29, 1.82) is 0 Å². The molecule has 0 saturated carbocycles. The number of aromatic nitrogens is 2. The average molecular weight is 310 g/mol. The summed E-state index contributed by atoms with van der Waals surface area (Å²) in [6, 6.07) is 6.56. The van der Waals surface area contributed by atoms with E-state index in [1.54, 1.807) is 23.1 Å². The third-order valence-electron chi connectivity index (χ3n) is 2.77. The molecule has 0 aliphatic carbocycles. The van der Waals surface area contributed by atoms with Crippen molar-refractivity contribution in [2.24, 2.45) is 0 Å². The maximum atomic E-state index is 12.0. The third kappa shape index (κ3) is 4.10. The molecule has 2 rings (SSSR count). The van der Waals surface area contributed by atoms with Gasteiger partial charge in [-0.15, -0.1) is 0 Å². The number of sulfonamides is 1. The van der Waals surface area contributed by atoms with Crippen LogP contribution in [0.2, 0.25) is 0 Å². The van der Waals surface area contributed by atoms with Gasteiger partial charge in [-0.1, -0.05) is 0 Å². The van der Waals surface area contributed by atoms with Gasteiger partial charge in [0.15, 0.2) is 0 Å². The van der Waals surface area contributed by atoms with Crippen molar-refractivity contribution >= 4 is 15.7 Å². The summed E-state index contributed by atoms with van der Waals surface area (Å²) in [7, 11) is -3.65. The predicted octanol–water partition coefficient (Wildman–Crippen LogP) is 1.16. The molecule has 0 unspecified atom stereocenters. The van der Waals surface area contributed by atoms with Crippen LogP contribution in [0.15, 0.2) is 47.6 Å². The maximum absolute atomic E-state index is 12.0. The van der Waals surface area contributed by atoms with Gasteiger partial charge >= 0.3 is 0 Å². The third-order valence-corrected chi connectivity index (χ3v) is 4.25. The number of rotatable bonds is 7. The fourth-order valence-electron chi connectivity index (χ4n) is 1.71. The first-order chi connectivity index (χ1) is 9.99. The molecule has 21 heavy (non-hydrogen) atoms. The second-order valence-electron chi connectivity index (χ2n) is 4.27. The number of aryl methyl sites for hydroxylation is 1. The SMILES string of the molecule is O=[N+]([O-])c1ccc(S(=O)(=O)NCCCn2cccn2)cc1. The number of non-ortho nitro benzene ring substituents is 1. The minimum atomic E-state index is -3.65. The van der Waals surface area contributed by atoms with Crippen LogP contribution in [0.4, 0.5) is 5.69 Å². The van der Waals surface area contributed by atoms with Crippen LogP contribution in [0.3, 0.4) is 0 Å². The van der Waals surface area contributed by atoms with Gasteiger partial charge in [-0.2, -0.15) is 5.10 Å². The number of nitro benzene ring substituents is 1. The van der Waals surface area contributed by atoms with E-state index in [0.29, 0.717) is 13.0 Å². The zero-order valence-corrected chi connectivity index (χ0v) is 11.9. The van der Waals surface area contributed by atoms with Crippen LogP contribution < -0.4 is 4.72 Å². The van der Waals surface area contributed by atoms with E-state index in [-0.39, 0.29) is 17.1 Å². The molecule has 0 atom stereocenters. The molecule has 1 aromatic carbocycles. The van der Waals surface area contributed by atoms with Gasteiger partial charge in [-0.05, 0) is 24.6 Å². The minimum absolute atomic E-state index is 0.00666. The van der Waals surface area contributed by atoms with Crippen molar-refractivity contribution in [1.82, 2.24) is 14.5 Å². The number of hydrogen-bond donors (Lipinski definition) is 1. The Morgan fingerprint density at radius 2 is 2.00 bits per heavy atom. The molecule has 0 saturated heterocycles. The summed E-state index contributed by atoms with van der Waals surface area (Å²) in [5.41, 5.74) is -0.146. The van der Waals surface area contributed by atoms with Gasteiger partial charge in [-0.3, -0.25) is 14.8 Å². The van der Waals surface area contributed by atoms with E-state index in [1.807, 2.05) is 0 Å². The Kier molecular flexibility index (Phi) is 4.66. The zero-order valence-electron chi connectivity index (χ0n) is 11.0. The molecule has 0 spiro atoms. The van der Waals surface area contributed by atoms with Crippen molar-refractivity contribution in [2.45, 2.75) is 17.9 Å². The van der Waals surface area contributed by atoms with Crippen LogP contribution in [-0.4, -0.2) is 29.7 Å². The van der Waals surface area contributed by atoms with E-state index < -0.39 is 14.9 Å². The lowest BCUT2D eigenvalue weighted by atomic mass is 10.3. The summed E-state index contributed by atoms with van der Waals surface area (Å²) < 4.78 is 28.1. The van der Waals surface area contributed by atoms with E-state index in [2.05, 4.69) is 9.82 Å². The summed E-state index contributed by atoms with van der Waals surface area (Å²) >= 11 is 0. The number of benzene rings is 1. The molecule has 0 radical (unpaired) electrons. The number of nitro groups is 1. The Balaban J connectivity index is 1.90. The standard InChI is InChI=1S/C12H14N4O4S/c17-16(18)11-3-5-12(6-4-11)21(19,20)14-8-2-10-15-9-1-7-13-15/h1,3-7,9,14H,2,8,10H2. The highest BCUT2D eigenvalue weighted by Gasteiger charge is 2.15. The molecule has 1 heterocycles. The molecule has 0 fully saturated rings. The highest BCUT2D eigenvalue weighted by molar-refractivity contribution is 7.89. The molecule has 0 aliphatic rings. The molecule has 8 nitrogen and oxygen atoms in total. The van der Waals surface area contributed by atoms with E-state index in [0.717, 1.165) is 12.1 Å². The molecule has 1 N–H and O–H groups in total. The molecule has 9 heteroatoms. The second kappa shape index (κ2) is 6.46. The van der Waals surface area contributed by atoms with Gasteiger partial charge in [0.2, 0.25) is 10.0 Å². The van der Waals surface area contributed by atoms with Crippen molar-refractivity contribution in [3.8, 4) is 0 Å². The molecule has 112 valence electrons. The number of nitrogens with zero attached hydrogens (tertiary/aromatic N) is 3. The van der Waals surface area contributed by atoms with Crippen LogP contribution in [0.25, 0.3) is 0 Å². The Morgan fingerprint density at radius 3 is 2.57 bits per heavy atom. The van der Waals surface area contributed by atoms with Crippen molar-refractivity contribution in [3.05, 3.63) is 52.8 Å². The highest BCUT2D eigenvalue weighted by Crippen LogP contribution is 2.15. The molecule has 2 aromatic rings. The molecular weight excluding hydrogens is 296 g/mol.